The van der Waals surface area contributed by atoms with Crippen LogP contribution in [0.25, 0.3) is 11.0 Å². The van der Waals surface area contributed by atoms with Gasteiger partial charge in [-0.05, 0) is 12.8 Å². The molecule has 2 aromatic rings. The molecule has 0 unspecified atom stereocenters. The van der Waals surface area contributed by atoms with Crippen LogP contribution in [0.3, 0.4) is 0 Å². The first-order valence-corrected chi connectivity index (χ1v) is 5.48. The number of fused-ring (bicyclic) bond motifs is 1. The SMILES string of the molecule is O=C(O)CCCCn1nnc2cc(F)c(F)cc21. The molecule has 0 spiro atoms. The molecule has 1 N–H and O–H groups in total. The molecule has 7 heteroatoms. The molecule has 0 atom stereocenters. The van der Waals surface area contributed by atoms with Gasteiger partial charge in [0.15, 0.2) is 11.6 Å². The van der Waals surface area contributed by atoms with Gasteiger partial charge in [0.25, 0.3) is 0 Å². The molecule has 0 aliphatic carbocycles. The van der Waals surface area contributed by atoms with E-state index in [0.29, 0.717) is 24.9 Å². The molecule has 1 heterocycles. The van der Waals surface area contributed by atoms with Crippen LogP contribution in [0.15, 0.2) is 12.1 Å². The quantitative estimate of drug-likeness (QED) is 0.829. The zero-order chi connectivity index (χ0) is 13.1. The normalized spacial score (nSPS) is 11.0. The van der Waals surface area contributed by atoms with E-state index in [1.54, 1.807) is 0 Å². The summed E-state index contributed by atoms with van der Waals surface area (Å²) < 4.78 is 27.5. The Morgan fingerprint density at radius 2 is 2.00 bits per heavy atom. The number of aliphatic carboxylic acids is 1. The highest BCUT2D eigenvalue weighted by atomic mass is 19.2. The lowest BCUT2D eigenvalue weighted by molar-refractivity contribution is -0.137. The number of hydrogen-bond donors (Lipinski definition) is 1. The molecule has 0 amide bonds. The standard InChI is InChI=1S/C11H11F2N3O2/c12-7-5-9-10(6-8(7)13)16(15-14-9)4-2-1-3-11(17)18/h5-6H,1-4H2,(H,17,18). The Bertz CT molecular complexity index is 583. The van der Waals surface area contributed by atoms with E-state index in [1.165, 1.54) is 4.68 Å². The summed E-state index contributed by atoms with van der Waals surface area (Å²) in [4.78, 5) is 10.3. The fourth-order valence-corrected chi connectivity index (χ4v) is 1.67. The number of benzene rings is 1. The molecule has 0 saturated heterocycles. The van der Waals surface area contributed by atoms with Gasteiger partial charge in [-0.2, -0.15) is 0 Å². The van der Waals surface area contributed by atoms with Crippen molar-refractivity contribution in [1.82, 2.24) is 15.0 Å². The van der Waals surface area contributed by atoms with Crippen LogP contribution in [-0.4, -0.2) is 26.1 Å². The van der Waals surface area contributed by atoms with Gasteiger partial charge in [0.2, 0.25) is 0 Å². The van der Waals surface area contributed by atoms with Crippen molar-refractivity contribution in [3.8, 4) is 0 Å². The zero-order valence-corrected chi connectivity index (χ0v) is 9.44. The van der Waals surface area contributed by atoms with Gasteiger partial charge in [-0.3, -0.25) is 4.79 Å². The maximum Gasteiger partial charge on any atom is 0.303 e. The van der Waals surface area contributed by atoms with E-state index in [1.807, 2.05) is 0 Å². The predicted molar refractivity (Wildman–Crippen MR) is 58.9 cm³/mol. The van der Waals surface area contributed by atoms with Crippen molar-refractivity contribution in [3.05, 3.63) is 23.8 Å². The van der Waals surface area contributed by atoms with Crippen LogP contribution < -0.4 is 0 Å². The van der Waals surface area contributed by atoms with Crippen LogP contribution in [0.1, 0.15) is 19.3 Å². The van der Waals surface area contributed by atoms with Crippen LogP contribution in [0, 0.1) is 11.6 Å². The predicted octanol–water partition coefficient (Wildman–Crippen LogP) is 1.96. The molecular formula is C11H11F2N3O2. The lowest BCUT2D eigenvalue weighted by Crippen LogP contribution is -2.02. The highest BCUT2D eigenvalue weighted by Gasteiger charge is 2.10. The molecule has 96 valence electrons. The van der Waals surface area contributed by atoms with Gasteiger partial charge in [0.05, 0.1) is 5.52 Å². The van der Waals surface area contributed by atoms with E-state index < -0.39 is 17.6 Å². The third-order valence-electron chi connectivity index (χ3n) is 2.57. The molecule has 0 saturated carbocycles. The van der Waals surface area contributed by atoms with Gasteiger partial charge in [0.1, 0.15) is 5.52 Å². The molecule has 0 aliphatic rings. The van der Waals surface area contributed by atoms with Crippen LogP contribution in [0.2, 0.25) is 0 Å². The molecule has 1 aromatic heterocycles. The average molecular weight is 255 g/mol. The van der Waals surface area contributed by atoms with Crippen LogP contribution in [-0.2, 0) is 11.3 Å². The maximum absolute atomic E-state index is 13.1. The first-order valence-electron chi connectivity index (χ1n) is 5.48. The average Bonchev–Trinajstić information content (AvgIpc) is 2.68. The molecular weight excluding hydrogens is 244 g/mol. The van der Waals surface area contributed by atoms with Crippen LogP contribution in [0.4, 0.5) is 8.78 Å². The summed E-state index contributed by atoms with van der Waals surface area (Å²) >= 11 is 0. The van der Waals surface area contributed by atoms with Crippen molar-refractivity contribution in [3.63, 3.8) is 0 Å². The molecule has 5 nitrogen and oxygen atoms in total. The van der Waals surface area contributed by atoms with Crippen molar-refractivity contribution < 1.29 is 18.7 Å². The Morgan fingerprint density at radius 3 is 2.72 bits per heavy atom. The third-order valence-corrected chi connectivity index (χ3v) is 2.57. The van der Waals surface area contributed by atoms with Gasteiger partial charge in [-0.25, -0.2) is 13.5 Å². The van der Waals surface area contributed by atoms with Gasteiger partial charge >= 0.3 is 5.97 Å². The largest absolute Gasteiger partial charge is 0.481 e. The maximum atomic E-state index is 13.1. The smallest absolute Gasteiger partial charge is 0.303 e. The lowest BCUT2D eigenvalue weighted by atomic mass is 10.2. The number of carboxylic acid groups (broad SMARTS) is 1. The molecule has 18 heavy (non-hydrogen) atoms. The molecule has 0 aliphatic heterocycles. The van der Waals surface area contributed by atoms with Gasteiger partial charge in [-0.15, -0.1) is 5.10 Å². The molecule has 1 aromatic carbocycles. The molecule has 0 radical (unpaired) electrons. The number of nitrogens with zero attached hydrogens (tertiary/aromatic N) is 3. The number of aromatic nitrogens is 3. The number of carbonyl (C=O) groups is 1. The van der Waals surface area contributed by atoms with E-state index in [-0.39, 0.29) is 11.9 Å². The minimum atomic E-state index is -0.958. The highest BCUT2D eigenvalue weighted by Crippen LogP contribution is 2.16. The number of carboxylic acids is 1. The van der Waals surface area contributed by atoms with E-state index in [2.05, 4.69) is 10.3 Å². The zero-order valence-electron chi connectivity index (χ0n) is 9.44. The van der Waals surface area contributed by atoms with Crippen molar-refractivity contribution in [2.45, 2.75) is 25.8 Å². The van der Waals surface area contributed by atoms with Crippen molar-refractivity contribution in [1.29, 1.82) is 0 Å². The number of unbranched alkanes of at least 4 members (excludes halogenated alkanes) is 1. The summed E-state index contributed by atoms with van der Waals surface area (Å²) in [5, 5.41) is 16.0. The van der Waals surface area contributed by atoms with Gasteiger partial charge in [0, 0.05) is 25.1 Å². The van der Waals surface area contributed by atoms with Gasteiger partial charge in [-0.1, -0.05) is 5.21 Å². The van der Waals surface area contributed by atoms with E-state index in [0.717, 1.165) is 12.1 Å². The summed E-state index contributed by atoms with van der Waals surface area (Å²) in [7, 11) is 0. The number of halogens is 2. The summed E-state index contributed by atoms with van der Waals surface area (Å²) in [6, 6.07) is 2.03. The highest BCUT2D eigenvalue weighted by molar-refractivity contribution is 5.74. The van der Waals surface area contributed by atoms with Crippen LogP contribution >= 0.6 is 0 Å². The van der Waals surface area contributed by atoms with Crippen molar-refractivity contribution >= 4 is 17.0 Å². The Morgan fingerprint density at radius 1 is 1.28 bits per heavy atom. The first kappa shape index (κ1) is 12.4. The topological polar surface area (TPSA) is 68.0 Å². The summed E-state index contributed by atoms with van der Waals surface area (Å²) in [6.45, 7) is 0.425. The second kappa shape index (κ2) is 5.07. The van der Waals surface area contributed by atoms with E-state index >= 15 is 0 Å². The number of aryl methyl sites for hydroxylation is 1. The van der Waals surface area contributed by atoms with Gasteiger partial charge < -0.3 is 5.11 Å². The summed E-state index contributed by atoms with van der Waals surface area (Å²) in [6.07, 6.45) is 1.17. The lowest BCUT2D eigenvalue weighted by Gasteiger charge is -2.01. The molecule has 2 rings (SSSR count). The minimum Gasteiger partial charge on any atom is -0.481 e. The first-order chi connectivity index (χ1) is 8.58. The Kier molecular flexibility index (Phi) is 3.50. The van der Waals surface area contributed by atoms with Crippen LogP contribution in [0.5, 0.6) is 0 Å². The molecule has 0 bridgehead atoms. The summed E-state index contributed by atoms with van der Waals surface area (Å²) in [5.74, 6) is -2.76. The summed E-state index contributed by atoms with van der Waals surface area (Å²) in [5.41, 5.74) is 0.691. The van der Waals surface area contributed by atoms with Crippen molar-refractivity contribution in [2.75, 3.05) is 0 Å². The minimum absolute atomic E-state index is 0.0790. The second-order valence-electron chi connectivity index (χ2n) is 3.92. The Balaban J connectivity index is 2.09. The Hall–Kier alpha value is -2.05. The molecule has 0 fully saturated rings. The van der Waals surface area contributed by atoms with Crippen molar-refractivity contribution in [2.24, 2.45) is 0 Å². The number of hydrogen-bond acceptors (Lipinski definition) is 3. The van der Waals surface area contributed by atoms with E-state index in [4.69, 9.17) is 5.11 Å². The monoisotopic (exact) mass is 255 g/mol. The fourth-order valence-electron chi connectivity index (χ4n) is 1.67. The number of rotatable bonds is 5. The fraction of sp³-hybridized carbons (Fsp3) is 0.364. The Labute approximate surface area is 101 Å². The third kappa shape index (κ3) is 2.61. The second-order valence-corrected chi connectivity index (χ2v) is 3.92. The van der Waals surface area contributed by atoms with E-state index in [9.17, 15) is 13.6 Å².